The van der Waals surface area contributed by atoms with Crippen molar-refractivity contribution >= 4 is 22.2 Å². The van der Waals surface area contributed by atoms with Crippen LogP contribution in [0.5, 0.6) is 0 Å². The van der Waals surface area contributed by atoms with E-state index in [2.05, 4.69) is 10.1 Å². The monoisotopic (exact) mass is 309 g/mol. The first-order chi connectivity index (χ1) is 10.8. The van der Waals surface area contributed by atoms with Crippen LogP contribution in [0.2, 0.25) is 0 Å². The molecule has 0 atom stereocenters. The fraction of sp³-hybridized carbons (Fsp3) is 0.0625. The highest BCUT2D eigenvalue weighted by Gasteiger charge is 2.15. The first kappa shape index (κ1) is 13.0. The van der Waals surface area contributed by atoms with Gasteiger partial charge in [-0.3, -0.25) is 14.1 Å². The summed E-state index contributed by atoms with van der Waals surface area (Å²) >= 11 is 1.52. The van der Waals surface area contributed by atoms with Crippen molar-refractivity contribution in [1.29, 1.82) is 0 Å². The van der Waals surface area contributed by atoms with Gasteiger partial charge >= 0.3 is 5.76 Å². The third kappa shape index (κ3) is 2.14. The smallest absolute Gasteiger partial charge is 0.295 e. The summed E-state index contributed by atoms with van der Waals surface area (Å²) in [5, 5.41) is 6.89. The highest BCUT2D eigenvalue weighted by atomic mass is 32.1. The van der Waals surface area contributed by atoms with Crippen LogP contribution in [0.15, 0.2) is 63.4 Å². The number of fused-ring (bicyclic) bond motifs is 1. The van der Waals surface area contributed by atoms with Crippen LogP contribution in [0.4, 0.5) is 0 Å². The molecule has 0 spiro atoms. The molecule has 0 N–H and O–H groups in total. The molecule has 0 bridgehead atoms. The van der Waals surface area contributed by atoms with E-state index in [1.54, 1.807) is 6.20 Å². The Morgan fingerprint density at radius 3 is 2.91 bits per heavy atom. The molecule has 0 saturated carbocycles. The molecular weight excluding hydrogens is 298 g/mol. The van der Waals surface area contributed by atoms with Gasteiger partial charge in [-0.25, -0.2) is 4.79 Å². The molecule has 3 heterocycles. The number of benzene rings is 1. The van der Waals surface area contributed by atoms with Crippen molar-refractivity contribution in [2.45, 2.75) is 6.54 Å². The third-order valence-electron chi connectivity index (χ3n) is 3.47. The van der Waals surface area contributed by atoms with Crippen LogP contribution in [0.3, 0.4) is 0 Å². The van der Waals surface area contributed by atoms with E-state index < -0.39 is 5.76 Å². The molecule has 0 aliphatic heterocycles. The Balaban J connectivity index is 1.84. The molecule has 0 fully saturated rings. The number of pyridine rings is 1. The zero-order valence-corrected chi connectivity index (χ0v) is 12.3. The van der Waals surface area contributed by atoms with Crippen molar-refractivity contribution in [2.75, 3.05) is 0 Å². The van der Waals surface area contributed by atoms with Crippen molar-refractivity contribution in [3.63, 3.8) is 0 Å². The van der Waals surface area contributed by atoms with Gasteiger partial charge < -0.3 is 0 Å². The molecule has 0 aliphatic carbocycles. The number of para-hydroxylation sites is 1. The fourth-order valence-corrected chi connectivity index (χ4v) is 3.17. The van der Waals surface area contributed by atoms with Crippen molar-refractivity contribution in [3.05, 3.63) is 70.2 Å². The molecule has 0 aliphatic rings. The van der Waals surface area contributed by atoms with E-state index in [9.17, 15) is 4.79 Å². The number of nitrogens with zero attached hydrogens (tertiary/aromatic N) is 3. The fourth-order valence-electron chi connectivity index (χ4n) is 2.46. The number of aromatic nitrogens is 3. The average molecular weight is 309 g/mol. The van der Waals surface area contributed by atoms with Gasteiger partial charge in [-0.1, -0.05) is 35.5 Å². The molecule has 22 heavy (non-hydrogen) atoms. The van der Waals surface area contributed by atoms with E-state index >= 15 is 0 Å². The average Bonchev–Trinajstić information content (AvgIpc) is 3.18. The quantitative estimate of drug-likeness (QED) is 0.583. The summed E-state index contributed by atoms with van der Waals surface area (Å²) in [7, 11) is 0. The lowest BCUT2D eigenvalue weighted by atomic mass is 10.1. The molecule has 4 aromatic rings. The van der Waals surface area contributed by atoms with E-state index in [1.165, 1.54) is 15.9 Å². The van der Waals surface area contributed by atoms with Gasteiger partial charge in [0.05, 0.1) is 16.9 Å². The Bertz CT molecular complexity index is 981. The van der Waals surface area contributed by atoms with Crippen molar-refractivity contribution in [2.24, 2.45) is 0 Å². The third-order valence-corrected chi connectivity index (χ3v) is 4.34. The van der Waals surface area contributed by atoms with E-state index in [1.807, 2.05) is 47.8 Å². The lowest BCUT2D eigenvalue weighted by Crippen LogP contribution is -2.16. The van der Waals surface area contributed by atoms with Crippen LogP contribution in [0.25, 0.3) is 21.6 Å². The molecule has 0 radical (unpaired) electrons. The molecule has 5 nitrogen and oxygen atoms in total. The zero-order valence-electron chi connectivity index (χ0n) is 11.5. The van der Waals surface area contributed by atoms with Crippen LogP contribution < -0.4 is 5.76 Å². The Morgan fingerprint density at radius 1 is 1.14 bits per heavy atom. The predicted octanol–water partition coefficient (Wildman–Crippen LogP) is 3.16. The Labute approximate surface area is 129 Å². The maximum atomic E-state index is 12.0. The summed E-state index contributed by atoms with van der Waals surface area (Å²) in [6.07, 6.45) is 1.75. The summed E-state index contributed by atoms with van der Waals surface area (Å²) in [6, 6.07) is 13.7. The highest BCUT2D eigenvalue weighted by molar-refractivity contribution is 7.13. The van der Waals surface area contributed by atoms with E-state index in [4.69, 9.17) is 4.52 Å². The number of hydrogen-bond donors (Lipinski definition) is 0. The maximum absolute atomic E-state index is 12.0. The maximum Gasteiger partial charge on any atom is 0.442 e. The zero-order chi connectivity index (χ0) is 14.9. The van der Waals surface area contributed by atoms with E-state index in [-0.39, 0.29) is 0 Å². The molecule has 4 rings (SSSR count). The summed E-state index contributed by atoms with van der Waals surface area (Å²) in [5.74, 6) is 0.0873. The SMILES string of the molecule is O=c1onc(-c2cccs2)n1Cc1cccc2cccnc12. The minimum absolute atomic E-state index is 0.379. The number of rotatable bonds is 3. The Morgan fingerprint density at radius 2 is 2.05 bits per heavy atom. The Hall–Kier alpha value is -2.73. The first-order valence-corrected chi connectivity index (χ1v) is 7.64. The topological polar surface area (TPSA) is 60.9 Å². The largest absolute Gasteiger partial charge is 0.442 e. The summed E-state index contributed by atoms with van der Waals surface area (Å²) in [6.45, 7) is 0.379. The first-order valence-electron chi connectivity index (χ1n) is 6.76. The van der Waals surface area contributed by atoms with E-state index in [0.29, 0.717) is 12.4 Å². The number of hydrogen-bond acceptors (Lipinski definition) is 5. The molecule has 6 heteroatoms. The highest BCUT2D eigenvalue weighted by Crippen LogP contribution is 2.23. The molecule has 108 valence electrons. The second-order valence-electron chi connectivity index (χ2n) is 4.83. The molecule has 0 unspecified atom stereocenters. The minimum Gasteiger partial charge on any atom is -0.295 e. The van der Waals surface area contributed by atoms with Gasteiger partial charge in [-0.05, 0) is 23.1 Å². The minimum atomic E-state index is -0.462. The van der Waals surface area contributed by atoms with Crippen LogP contribution in [0, 0.1) is 0 Å². The molecule has 0 saturated heterocycles. The van der Waals surface area contributed by atoms with E-state index in [0.717, 1.165) is 21.3 Å². The van der Waals surface area contributed by atoms with Crippen molar-refractivity contribution in [3.8, 4) is 10.7 Å². The molecular formula is C16H11N3O2S. The predicted molar refractivity (Wildman–Crippen MR) is 84.9 cm³/mol. The van der Waals surface area contributed by atoms with Crippen LogP contribution in [0.1, 0.15) is 5.56 Å². The standard InChI is InChI=1S/C16H11N3O2S/c20-16-19(15(18-21-16)13-7-3-9-22-13)10-12-5-1-4-11-6-2-8-17-14(11)12/h1-9H,10H2. The molecule has 3 aromatic heterocycles. The van der Waals surface area contributed by atoms with Gasteiger partial charge in [0.25, 0.3) is 0 Å². The van der Waals surface area contributed by atoms with Gasteiger partial charge in [0, 0.05) is 11.6 Å². The lowest BCUT2D eigenvalue weighted by molar-refractivity contribution is 0.378. The van der Waals surface area contributed by atoms with Gasteiger partial charge in [-0.2, -0.15) is 0 Å². The van der Waals surface area contributed by atoms with Gasteiger partial charge in [0.1, 0.15) is 0 Å². The van der Waals surface area contributed by atoms with Crippen LogP contribution >= 0.6 is 11.3 Å². The lowest BCUT2D eigenvalue weighted by Gasteiger charge is -2.06. The molecule has 0 amide bonds. The van der Waals surface area contributed by atoms with Gasteiger partial charge in [-0.15, -0.1) is 11.3 Å². The normalized spacial score (nSPS) is 11.1. The van der Waals surface area contributed by atoms with Crippen molar-refractivity contribution in [1.82, 2.24) is 14.7 Å². The second-order valence-corrected chi connectivity index (χ2v) is 5.78. The van der Waals surface area contributed by atoms with Crippen LogP contribution in [-0.2, 0) is 6.54 Å². The van der Waals surface area contributed by atoms with Crippen molar-refractivity contribution < 1.29 is 4.52 Å². The summed E-state index contributed by atoms with van der Waals surface area (Å²) in [4.78, 5) is 17.3. The summed E-state index contributed by atoms with van der Waals surface area (Å²) < 4.78 is 6.38. The second kappa shape index (κ2) is 5.23. The number of thiophene rings is 1. The molecule has 1 aromatic carbocycles. The summed E-state index contributed by atoms with van der Waals surface area (Å²) in [5.41, 5.74) is 1.84. The van der Waals surface area contributed by atoms with Gasteiger partial charge in [0.15, 0.2) is 5.82 Å². The van der Waals surface area contributed by atoms with Gasteiger partial charge in [0.2, 0.25) is 0 Å². The Kier molecular flexibility index (Phi) is 3.08. The van der Waals surface area contributed by atoms with Crippen LogP contribution in [-0.4, -0.2) is 14.7 Å².